The molecule has 0 saturated heterocycles. The molecule has 0 aliphatic carbocycles. The van der Waals surface area contributed by atoms with E-state index in [0.717, 1.165) is 21.5 Å². The molecule has 1 atom stereocenters. The quantitative estimate of drug-likeness (QED) is 0.825. The van der Waals surface area contributed by atoms with Gasteiger partial charge in [0.25, 0.3) is 0 Å². The van der Waals surface area contributed by atoms with Crippen LogP contribution in [0, 0.1) is 6.92 Å². The van der Waals surface area contributed by atoms with Crippen LogP contribution in [0.5, 0.6) is 0 Å². The second-order valence-electron chi connectivity index (χ2n) is 4.27. The lowest BCUT2D eigenvalue weighted by atomic mass is 10.0. The minimum Gasteiger partial charge on any atom is -0.312 e. The SMILES string of the molecule is CNC(Cc1ccc(Br)cc1)c1scc(C)c1Cl. The second-order valence-corrected chi connectivity index (χ2v) is 6.47. The Kier molecular flexibility index (Phi) is 4.84. The molecule has 0 radical (unpaired) electrons. The maximum Gasteiger partial charge on any atom is 0.0590 e. The maximum atomic E-state index is 6.34. The summed E-state index contributed by atoms with van der Waals surface area (Å²) in [5, 5.41) is 6.36. The van der Waals surface area contributed by atoms with E-state index in [-0.39, 0.29) is 6.04 Å². The molecule has 1 aromatic carbocycles. The molecule has 0 fully saturated rings. The molecule has 2 aromatic rings. The molecule has 0 saturated carbocycles. The highest BCUT2D eigenvalue weighted by molar-refractivity contribution is 9.10. The van der Waals surface area contributed by atoms with Crippen LogP contribution in [0.15, 0.2) is 34.1 Å². The third-order valence-electron chi connectivity index (χ3n) is 2.94. The van der Waals surface area contributed by atoms with Crippen LogP contribution >= 0.6 is 38.9 Å². The van der Waals surface area contributed by atoms with Gasteiger partial charge in [-0.05, 0) is 49.0 Å². The van der Waals surface area contributed by atoms with Crippen molar-refractivity contribution in [3.05, 3.63) is 55.1 Å². The summed E-state index contributed by atoms with van der Waals surface area (Å²) >= 11 is 11.5. The van der Waals surface area contributed by atoms with E-state index < -0.39 is 0 Å². The van der Waals surface area contributed by atoms with Crippen LogP contribution in [0.3, 0.4) is 0 Å². The smallest absolute Gasteiger partial charge is 0.0590 e. The van der Waals surface area contributed by atoms with Crippen molar-refractivity contribution in [2.75, 3.05) is 7.05 Å². The number of halogens is 2. The number of likely N-dealkylation sites (N-methyl/N-ethyl adjacent to an activating group) is 1. The molecule has 2 rings (SSSR count). The number of benzene rings is 1. The van der Waals surface area contributed by atoms with E-state index >= 15 is 0 Å². The van der Waals surface area contributed by atoms with Crippen LogP contribution in [-0.4, -0.2) is 7.05 Å². The summed E-state index contributed by atoms with van der Waals surface area (Å²) in [5.74, 6) is 0. The fraction of sp³-hybridized carbons (Fsp3) is 0.286. The first-order valence-corrected chi connectivity index (χ1v) is 7.82. The van der Waals surface area contributed by atoms with Gasteiger partial charge in [-0.2, -0.15) is 0 Å². The van der Waals surface area contributed by atoms with Crippen LogP contribution in [0.25, 0.3) is 0 Å². The van der Waals surface area contributed by atoms with E-state index in [2.05, 4.69) is 57.8 Å². The Morgan fingerprint density at radius 2 is 2.00 bits per heavy atom. The number of nitrogens with one attached hydrogen (secondary N) is 1. The topological polar surface area (TPSA) is 12.0 Å². The second kappa shape index (κ2) is 6.20. The first-order chi connectivity index (χ1) is 8.61. The van der Waals surface area contributed by atoms with Crippen LogP contribution in [0.2, 0.25) is 5.02 Å². The van der Waals surface area contributed by atoms with Crippen LogP contribution in [0.4, 0.5) is 0 Å². The van der Waals surface area contributed by atoms with Gasteiger partial charge in [0.15, 0.2) is 0 Å². The summed E-state index contributed by atoms with van der Waals surface area (Å²) in [6.07, 6.45) is 0.948. The van der Waals surface area contributed by atoms with Gasteiger partial charge in [0.2, 0.25) is 0 Å². The minimum atomic E-state index is 0.275. The molecule has 1 heterocycles. The molecule has 0 amide bonds. The van der Waals surface area contributed by atoms with E-state index in [0.29, 0.717) is 0 Å². The summed E-state index contributed by atoms with van der Waals surface area (Å²) in [4.78, 5) is 1.22. The van der Waals surface area contributed by atoms with Gasteiger partial charge >= 0.3 is 0 Å². The predicted molar refractivity (Wildman–Crippen MR) is 83.7 cm³/mol. The zero-order valence-electron chi connectivity index (χ0n) is 10.3. The highest BCUT2D eigenvalue weighted by atomic mass is 79.9. The minimum absolute atomic E-state index is 0.275. The molecular formula is C14H15BrClNS. The van der Waals surface area contributed by atoms with Crippen LogP contribution in [0.1, 0.15) is 22.0 Å². The first-order valence-electron chi connectivity index (χ1n) is 5.77. The van der Waals surface area contributed by atoms with E-state index in [4.69, 9.17) is 11.6 Å². The summed E-state index contributed by atoms with van der Waals surface area (Å²) in [7, 11) is 1.98. The van der Waals surface area contributed by atoms with Crippen molar-refractivity contribution in [3.63, 3.8) is 0 Å². The van der Waals surface area contributed by atoms with Gasteiger partial charge in [-0.15, -0.1) is 11.3 Å². The zero-order valence-corrected chi connectivity index (χ0v) is 13.5. The van der Waals surface area contributed by atoms with E-state index in [1.54, 1.807) is 11.3 Å². The average Bonchev–Trinajstić information content (AvgIpc) is 2.70. The lowest BCUT2D eigenvalue weighted by Crippen LogP contribution is -2.18. The molecule has 0 spiro atoms. The molecule has 0 bridgehead atoms. The number of aryl methyl sites for hydroxylation is 1. The summed E-state index contributed by atoms with van der Waals surface area (Å²) < 4.78 is 1.11. The highest BCUT2D eigenvalue weighted by Crippen LogP contribution is 2.33. The van der Waals surface area contributed by atoms with Gasteiger partial charge in [0.1, 0.15) is 0 Å². The number of hydrogen-bond acceptors (Lipinski definition) is 2. The van der Waals surface area contributed by atoms with E-state index in [1.807, 2.05) is 7.05 Å². The van der Waals surface area contributed by atoms with Crippen molar-refractivity contribution in [2.24, 2.45) is 0 Å². The van der Waals surface area contributed by atoms with Crippen molar-refractivity contribution in [1.82, 2.24) is 5.32 Å². The van der Waals surface area contributed by atoms with E-state index in [1.165, 1.54) is 10.4 Å². The lowest BCUT2D eigenvalue weighted by molar-refractivity contribution is 0.602. The maximum absolute atomic E-state index is 6.34. The van der Waals surface area contributed by atoms with Crippen LogP contribution < -0.4 is 5.32 Å². The molecular weight excluding hydrogens is 330 g/mol. The zero-order chi connectivity index (χ0) is 13.1. The van der Waals surface area contributed by atoms with Crippen LogP contribution in [-0.2, 0) is 6.42 Å². The monoisotopic (exact) mass is 343 g/mol. The van der Waals surface area contributed by atoms with Crippen molar-refractivity contribution in [2.45, 2.75) is 19.4 Å². The first kappa shape index (κ1) is 14.1. The summed E-state index contributed by atoms with van der Waals surface area (Å²) in [5.41, 5.74) is 2.47. The van der Waals surface area contributed by atoms with E-state index in [9.17, 15) is 0 Å². The molecule has 4 heteroatoms. The molecule has 1 nitrogen and oxygen atoms in total. The van der Waals surface area contributed by atoms with Crippen molar-refractivity contribution >= 4 is 38.9 Å². The number of rotatable bonds is 4. The molecule has 0 aliphatic heterocycles. The Hall–Kier alpha value is -0.350. The lowest BCUT2D eigenvalue weighted by Gasteiger charge is -2.15. The van der Waals surface area contributed by atoms with Gasteiger partial charge in [-0.3, -0.25) is 0 Å². The summed E-state index contributed by atoms with van der Waals surface area (Å²) in [6.45, 7) is 2.05. The number of thiophene rings is 1. The Morgan fingerprint density at radius 1 is 1.33 bits per heavy atom. The molecule has 18 heavy (non-hydrogen) atoms. The van der Waals surface area contributed by atoms with Gasteiger partial charge in [0.05, 0.1) is 5.02 Å². The molecule has 96 valence electrons. The average molecular weight is 345 g/mol. The standard InChI is InChI=1S/C14H15BrClNS/c1-9-8-18-14(13(9)16)12(17-2)7-10-3-5-11(15)6-4-10/h3-6,8,12,17H,7H2,1-2H3. The normalized spacial score (nSPS) is 12.7. The fourth-order valence-corrected chi connectivity index (χ4v) is 3.57. The molecule has 1 N–H and O–H groups in total. The van der Waals surface area contributed by atoms with Crippen molar-refractivity contribution in [1.29, 1.82) is 0 Å². The predicted octanol–water partition coefficient (Wildman–Crippen LogP) is 4.98. The fourth-order valence-electron chi connectivity index (χ4n) is 1.87. The van der Waals surface area contributed by atoms with Gasteiger partial charge in [-0.25, -0.2) is 0 Å². The van der Waals surface area contributed by atoms with Gasteiger partial charge < -0.3 is 5.32 Å². The number of hydrogen-bond donors (Lipinski definition) is 1. The highest BCUT2D eigenvalue weighted by Gasteiger charge is 2.16. The third-order valence-corrected chi connectivity index (χ3v) is 5.30. The Labute approximate surface area is 125 Å². The molecule has 1 aromatic heterocycles. The molecule has 0 aliphatic rings. The largest absolute Gasteiger partial charge is 0.312 e. The Bertz CT molecular complexity index is 521. The van der Waals surface area contributed by atoms with Gasteiger partial charge in [0, 0.05) is 15.4 Å². The summed E-state index contributed by atoms with van der Waals surface area (Å²) in [6, 6.07) is 8.70. The Morgan fingerprint density at radius 3 is 2.50 bits per heavy atom. The third kappa shape index (κ3) is 3.15. The van der Waals surface area contributed by atoms with Crippen molar-refractivity contribution in [3.8, 4) is 0 Å². The van der Waals surface area contributed by atoms with Gasteiger partial charge in [-0.1, -0.05) is 39.7 Å². The Balaban J connectivity index is 2.19. The molecule has 1 unspecified atom stereocenters. The van der Waals surface area contributed by atoms with Crippen molar-refractivity contribution < 1.29 is 0 Å².